The van der Waals surface area contributed by atoms with Crippen LogP contribution in [-0.4, -0.2) is 7.05 Å². The van der Waals surface area contributed by atoms with Gasteiger partial charge in [-0.2, -0.15) is 0 Å². The zero-order chi connectivity index (χ0) is 13.8. The zero-order valence-corrected chi connectivity index (χ0v) is 13.0. The van der Waals surface area contributed by atoms with Crippen LogP contribution in [0.5, 0.6) is 11.5 Å². The molecule has 0 saturated carbocycles. The summed E-state index contributed by atoms with van der Waals surface area (Å²) in [5, 5.41) is 3.16. The first-order chi connectivity index (χ1) is 9.10. The Hall–Kier alpha value is -1.32. The van der Waals surface area contributed by atoms with Gasteiger partial charge in [-0.05, 0) is 56.3 Å². The molecule has 2 aromatic carbocycles. The number of nitrogens with one attached hydrogen (secondary N) is 1. The highest BCUT2D eigenvalue weighted by atomic mass is 79.9. The van der Waals surface area contributed by atoms with E-state index >= 15 is 0 Å². The maximum atomic E-state index is 6.07. The van der Waals surface area contributed by atoms with Gasteiger partial charge in [0, 0.05) is 16.6 Å². The third-order valence-electron chi connectivity index (χ3n) is 2.95. The average molecular weight is 320 g/mol. The van der Waals surface area contributed by atoms with Gasteiger partial charge >= 0.3 is 0 Å². The second-order valence-electron chi connectivity index (χ2n) is 4.65. The second-order valence-corrected chi connectivity index (χ2v) is 5.57. The minimum atomic E-state index is 0.777. The molecular formula is C16H18BrNO. The monoisotopic (exact) mass is 319 g/mol. The van der Waals surface area contributed by atoms with Gasteiger partial charge in [0.15, 0.2) is 0 Å². The lowest BCUT2D eigenvalue weighted by atomic mass is 10.1. The molecule has 2 nitrogen and oxygen atoms in total. The number of ether oxygens (including phenoxy) is 1. The van der Waals surface area contributed by atoms with Crippen molar-refractivity contribution in [2.24, 2.45) is 0 Å². The van der Waals surface area contributed by atoms with Crippen molar-refractivity contribution in [3.05, 3.63) is 57.6 Å². The summed E-state index contributed by atoms with van der Waals surface area (Å²) in [5.41, 5.74) is 3.48. The first-order valence-corrected chi connectivity index (χ1v) is 7.07. The van der Waals surface area contributed by atoms with Crippen LogP contribution in [0.4, 0.5) is 0 Å². The van der Waals surface area contributed by atoms with Gasteiger partial charge < -0.3 is 10.1 Å². The minimum absolute atomic E-state index is 0.777. The standard InChI is InChI=1S/C16H18BrNO/c1-11-4-5-12(2)16(8-11)19-15-7-6-14(17)9-13(15)10-18-3/h4-9,18H,10H2,1-3H3. The first-order valence-electron chi connectivity index (χ1n) is 6.28. The molecule has 0 atom stereocenters. The Labute approximate surface area is 122 Å². The smallest absolute Gasteiger partial charge is 0.132 e. The minimum Gasteiger partial charge on any atom is -0.457 e. The van der Waals surface area contributed by atoms with E-state index in [0.717, 1.165) is 33.6 Å². The summed E-state index contributed by atoms with van der Waals surface area (Å²) in [4.78, 5) is 0. The molecule has 1 N–H and O–H groups in total. The van der Waals surface area contributed by atoms with Gasteiger partial charge in [-0.25, -0.2) is 0 Å². The maximum Gasteiger partial charge on any atom is 0.132 e. The predicted molar refractivity (Wildman–Crippen MR) is 82.9 cm³/mol. The summed E-state index contributed by atoms with van der Waals surface area (Å²) in [6, 6.07) is 12.3. The summed E-state index contributed by atoms with van der Waals surface area (Å²) >= 11 is 3.49. The van der Waals surface area contributed by atoms with E-state index in [1.54, 1.807) is 0 Å². The molecule has 3 heteroatoms. The molecule has 0 aliphatic carbocycles. The Bertz CT molecular complexity index is 581. The summed E-state index contributed by atoms with van der Waals surface area (Å²) in [7, 11) is 1.93. The van der Waals surface area contributed by atoms with Crippen LogP contribution in [0.1, 0.15) is 16.7 Å². The molecule has 0 aliphatic rings. The van der Waals surface area contributed by atoms with Crippen LogP contribution in [0.3, 0.4) is 0 Å². The van der Waals surface area contributed by atoms with E-state index in [-0.39, 0.29) is 0 Å². The van der Waals surface area contributed by atoms with Crippen LogP contribution in [0.25, 0.3) is 0 Å². The van der Waals surface area contributed by atoms with E-state index in [2.05, 4.69) is 59.4 Å². The molecule has 19 heavy (non-hydrogen) atoms. The van der Waals surface area contributed by atoms with E-state index in [4.69, 9.17) is 4.74 Å². The van der Waals surface area contributed by atoms with Crippen LogP contribution in [0, 0.1) is 13.8 Å². The molecule has 0 saturated heterocycles. The molecule has 0 aliphatic heterocycles. The van der Waals surface area contributed by atoms with E-state index in [9.17, 15) is 0 Å². The molecule has 100 valence electrons. The number of rotatable bonds is 4. The van der Waals surface area contributed by atoms with Crippen molar-refractivity contribution in [3.8, 4) is 11.5 Å². The molecule has 0 heterocycles. The Morgan fingerprint density at radius 2 is 1.84 bits per heavy atom. The van der Waals surface area contributed by atoms with Crippen LogP contribution in [0.15, 0.2) is 40.9 Å². The van der Waals surface area contributed by atoms with Gasteiger partial charge in [0.05, 0.1) is 0 Å². The highest BCUT2D eigenvalue weighted by molar-refractivity contribution is 9.10. The number of halogens is 1. The second kappa shape index (κ2) is 6.22. The summed E-state index contributed by atoms with van der Waals surface area (Å²) < 4.78 is 7.13. The van der Waals surface area contributed by atoms with E-state index in [1.165, 1.54) is 5.56 Å². The predicted octanol–water partition coefficient (Wildman–Crippen LogP) is 4.58. The highest BCUT2D eigenvalue weighted by Crippen LogP contribution is 2.30. The van der Waals surface area contributed by atoms with Crippen LogP contribution in [-0.2, 0) is 6.54 Å². The third kappa shape index (κ3) is 3.58. The number of hydrogen-bond acceptors (Lipinski definition) is 2. The fraction of sp³-hybridized carbons (Fsp3) is 0.250. The molecule has 0 unspecified atom stereocenters. The van der Waals surface area contributed by atoms with Gasteiger partial charge in [0.2, 0.25) is 0 Å². The summed E-state index contributed by atoms with van der Waals surface area (Å²) in [6.45, 7) is 4.91. The van der Waals surface area contributed by atoms with Crippen LogP contribution >= 0.6 is 15.9 Å². The largest absolute Gasteiger partial charge is 0.457 e. The first kappa shape index (κ1) is 14.1. The van der Waals surface area contributed by atoms with E-state index < -0.39 is 0 Å². The number of hydrogen-bond donors (Lipinski definition) is 1. The average Bonchev–Trinajstić information content (AvgIpc) is 2.37. The molecule has 2 aromatic rings. The Kier molecular flexibility index (Phi) is 4.61. The summed E-state index contributed by atoms with van der Waals surface area (Å²) in [5.74, 6) is 1.81. The number of aryl methyl sites for hydroxylation is 2. The lowest BCUT2D eigenvalue weighted by Gasteiger charge is -2.13. The fourth-order valence-corrected chi connectivity index (χ4v) is 2.32. The van der Waals surface area contributed by atoms with Crippen molar-refractivity contribution < 1.29 is 4.74 Å². The third-order valence-corrected chi connectivity index (χ3v) is 3.45. The van der Waals surface area contributed by atoms with E-state index in [1.807, 2.05) is 19.2 Å². The maximum absolute atomic E-state index is 6.07. The van der Waals surface area contributed by atoms with Crippen molar-refractivity contribution in [1.29, 1.82) is 0 Å². The Balaban J connectivity index is 2.34. The van der Waals surface area contributed by atoms with E-state index in [0.29, 0.717) is 0 Å². The normalized spacial score (nSPS) is 10.5. The molecule has 0 aromatic heterocycles. The Morgan fingerprint density at radius 3 is 2.58 bits per heavy atom. The molecular weight excluding hydrogens is 302 g/mol. The molecule has 2 rings (SSSR count). The topological polar surface area (TPSA) is 21.3 Å². The molecule has 0 spiro atoms. The Morgan fingerprint density at radius 1 is 1.05 bits per heavy atom. The van der Waals surface area contributed by atoms with Crippen LogP contribution < -0.4 is 10.1 Å². The van der Waals surface area contributed by atoms with Crippen molar-refractivity contribution in [2.45, 2.75) is 20.4 Å². The lowest BCUT2D eigenvalue weighted by molar-refractivity contribution is 0.470. The highest BCUT2D eigenvalue weighted by Gasteiger charge is 2.07. The molecule has 0 fully saturated rings. The quantitative estimate of drug-likeness (QED) is 0.890. The van der Waals surface area contributed by atoms with Crippen molar-refractivity contribution in [2.75, 3.05) is 7.05 Å². The van der Waals surface area contributed by atoms with Gasteiger partial charge in [0.1, 0.15) is 11.5 Å². The summed E-state index contributed by atoms with van der Waals surface area (Å²) in [6.07, 6.45) is 0. The van der Waals surface area contributed by atoms with Crippen molar-refractivity contribution in [3.63, 3.8) is 0 Å². The SMILES string of the molecule is CNCc1cc(Br)ccc1Oc1cc(C)ccc1C. The van der Waals surface area contributed by atoms with Crippen molar-refractivity contribution in [1.82, 2.24) is 5.32 Å². The van der Waals surface area contributed by atoms with Gasteiger partial charge in [-0.3, -0.25) is 0 Å². The van der Waals surface area contributed by atoms with Crippen LogP contribution in [0.2, 0.25) is 0 Å². The molecule has 0 bridgehead atoms. The van der Waals surface area contributed by atoms with Gasteiger partial charge in [0.25, 0.3) is 0 Å². The molecule has 0 amide bonds. The fourth-order valence-electron chi connectivity index (χ4n) is 1.91. The lowest BCUT2D eigenvalue weighted by Crippen LogP contribution is -2.06. The molecule has 0 radical (unpaired) electrons. The van der Waals surface area contributed by atoms with Gasteiger partial charge in [-0.15, -0.1) is 0 Å². The zero-order valence-electron chi connectivity index (χ0n) is 11.5. The van der Waals surface area contributed by atoms with Crippen molar-refractivity contribution >= 4 is 15.9 Å². The van der Waals surface area contributed by atoms with Gasteiger partial charge in [-0.1, -0.05) is 28.1 Å². The number of benzene rings is 2.